The van der Waals surface area contributed by atoms with Crippen LogP contribution in [0.25, 0.3) is 0 Å². The van der Waals surface area contributed by atoms with E-state index in [1.807, 2.05) is 24.3 Å². The fraction of sp³-hybridized carbons (Fsp3) is 0.579. The third-order valence-corrected chi connectivity index (χ3v) is 4.74. The van der Waals surface area contributed by atoms with E-state index in [0.29, 0.717) is 32.5 Å². The van der Waals surface area contributed by atoms with Crippen molar-refractivity contribution in [2.24, 2.45) is 5.92 Å². The number of halogens is 1. The van der Waals surface area contributed by atoms with Crippen molar-refractivity contribution in [3.63, 3.8) is 0 Å². The maximum absolute atomic E-state index is 12.7. The molecule has 1 saturated heterocycles. The third-order valence-electron chi connectivity index (χ3n) is 4.74. The minimum Gasteiger partial charge on any atom is -0.497 e. The van der Waals surface area contributed by atoms with Crippen LogP contribution < -0.4 is 15.4 Å². The molecule has 2 N–H and O–H groups in total. The molecule has 1 aliphatic heterocycles. The molecule has 1 aromatic carbocycles. The van der Waals surface area contributed by atoms with Crippen molar-refractivity contribution in [1.82, 2.24) is 15.5 Å². The van der Waals surface area contributed by atoms with Crippen LogP contribution in [0.1, 0.15) is 24.4 Å². The number of hydrogen-bond acceptors (Lipinski definition) is 5. The molecule has 1 aromatic rings. The molecule has 0 radical (unpaired) electrons. The zero-order valence-corrected chi connectivity index (χ0v) is 17.0. The molecule has 27 heavy (non-hydrogen) atoms. The van der Waals surface area contributed by atoms with Crippen LogP contribution in [-0.2, 0) is 14.3 Å². The van der Waals surface area contributed by atoms with Crippen LogP contribution in [0.2, 0.25) is 0 Å². The molecule has 1 heterocycles. The summed E-state index contributed by atoms with van der Waals surface area (Å²) in [4.78, 5) is 26.6. The van der Waals surface area contributed by atoms with Crippen LogP contribution in [0.4, 0.5) is 0 Å². The summed E-state index contributed by atoms with van der Waals surface area (Å²) in [6.07, 6.45) is 0.955. The number of rotatable bonds is 9. The second kappa shape index (κ2) is 11.8. The highest BCUT2D eigenvalue weighted by Crippen LogP contribution is 2.36. The Morgan fingerprint density at radius 3 is 2.52 bits per heavy atom. The van der Waals surface area contributed by atoms with Gasteiger partial charge in [-0.25, -0.2) is 0 Å². The van der Waals surface area contributed by atoms with Crippen molar-refractivity contribution in [2.75, 3.05) is 47.5 Å². The summed E-state index contributed by atoms with van der Waals surface area (Å²) < 4.78 is 10.2. The molecule has 2 rings (SSSR count). The van der Waals surface area contributed by atoms with Gasteiger partial charge in [0.05, 0.1) is 25.7 Å². The molecule has 2 amide bonds. The standard InChI is InChI=1S/C19H29N3O4.ClH/c1-22-17(23)9-8-16(19(24)21-11-10-20-12-13-25-2)18(22)14-4-6-15(26-3)7-5-14;/h4-7,16,18,20H,8-13H2,1-3H3,(H,21,24);1H. The van der Waals surface area contributed by atoms with Gasteiger partial charge < -0.3 is 25.0 Å². The maximum atomic E-state index is 12.7. The predicted octanol–water partition coefficient (Wildman–Crippen LogP) is 1.38. The fourth-order valence-electron chi connectivity index (χ4n) is 3.27. The van der Waals surface area contributed by atoms with Gasteiger partial charge in [0.25, 0.3) is 0 Å². The van der Waals surface area contributed by atoms with Gasteiger partial charge in [-0.2, -0.15) is 0 Å². The van der Waals surface area contributed by atoms with Gasteiger partial charge in [0.2, 0.25) is 11.8 Å². The molecule has 0 aliphatic carbocycles. The van der Waals surface area contributed by atoms with Crippen LogP contribution in [0.5, 0.6) is 5.75 Å². The summed E-state index contributed by atoms with van der Waals surface area (Å²) in [5.74, 6) is 0.543. The Balaban J connectivity index is 0.00000364. The minimum absolute atomic E-state index is 0. The molecule has 7 nitrogen and oxygen atoms in total. The Morgan fingerprint density at radius 2 is 1.89 bits per heavy atom. The zero-order chi connectivity index (χ0) is 18.9. The number of piperidine rings is 1. The Bertz CT molecular complexity index is 597. The van der Waals surface area contributed by atoms with Gasteiger partial charge in [-0.3, -0.25) is 9.59 Å². The molecule has 2 atom stereocenters. The molecular formula is C19H30ClN3O4. The lowest BCUT2D eigenvalue weighted by atomic mass is 9.84. The zero-order valence-electron chi connectivity index (χ0n) is 16.2. The van der Waals surface area contributed by atoms with Gasteiger partial charge in [-0.1, -0.05) is 12.1 Å². The van der Waals surface area contributed by atoms with Gasteiger partial charge in [-0.15, -0.1) is 12.4 Å². The highest BCUT2D eigenvalue weighted by Gasteiger charge is 2.38. The minimum atomic E-state index is -0.261. The lowest BCUT2D eigenvalue weighted by Crippen LogP contribution is -2.47. The molecule has 152 valence electrons. The van der Waals surface area contributed by atoms with Crippen LogP contribution in [-0.4, -0.2) is 64.2 Å². The number of likely N-dealkylation sites (tertiary alicyclic amines) is 1. The summed E-state index contributed by atoms with van der Waals surface area (Å²) in [6, 6.07) is 7.30. The number of ether oxygens (including phenoxy) is 2. The quantitative estimate of drug-likeness (QED) is 0.613. The number of methoxy groups -OCH3 is 2. The second-order valence-electron chi connectivity index (χ2n) is 6.40. The van der Waals surface area contributed by atoms with E-state index < -0.39 is 0 Å². The highest BCUT2D eigenvalue weighted by molar-refractivity contribution is 5.85. The van der Waals surface area contributed by atoms with E-state index in [2.05, 4.69) is 10.6 Å². The Kier molecular flexibility index (Phi) is 10.1. The number of amides is 2. The van der Waals surface area contributed by atoms with E-state index in [-0.39, 0.29) is 36.2 Å². The van der Waals surface area contributed by atoms with E-state index in [1.54, 1.807) is 26.2 Å². The third kappa shape index (κ3) is 6.37. The molecule has 0 saturated carbocycles. The lowest BCUT2D eigenvalue weighted by molar-refractivity contribution is -0.141. The first-order chi connectivity index (χ1) is 12.6. The van der Waals surface area contributed by atoms with Crippen molar-refractivity contribution in [2.45, 2.75) is 18.9 Å². The van der Waals surface area contributed by atoms with Gasteiger partial charge >= 0.3 is 0 Å². The molecule has 8 heteroatoms. The van der Waals surface area contributed by atoms with Crippen LogP contribution in [0.3, 0.4) is 0 Å². The van der Waals surface area contributed by atoms with Crippen molar-refractivity contribution >= 4 is 24.2 Å². The first kappa shape index (κ1) is 23.2. The van der Waals surface area contributed by atoms with E-state index in [9.17, 15) is 9.59 Å². The smallest absolute Gasteiger partial charge is 0.225 e. The summed E-state index contributed by atoms with van der Waals surface area (Å²) in [5.41, 5.74) is 0.944. The van der Waals surface area contributed by atoms with Crippen molar-refractivity contribution in [3.8, 4) is 5.75 Å². The summed E-state index contributed by atoms with van der Waals surface area (Å²) in [6.45, 7) is 2.63. The first-order valence-electron chi connectivity index (χ1n) is 8.95. The summed E-state index contributed by atoms with van der Waals surface area (Å²) in [5, 5.41) is 6.18. The maximum Gasteiger partial charge on any atom is 0.225 e. The van der Waals surface area contributed by atoms with E-state index in [1.165, 1.54) is 0 Å². The number of nitrogens with one attached hydrogen (secondary N) is 2. The van der Waals surface area contributed by atoms with E-state index in [4.69, 9.17) is 9.47 Å². The fourth-order valence-corrected chi connectivity index (χ4v) is 3.27. The second-order valence-corrected chi connectivity index (χ2v) is 6.40. The number of nitrogens with zero attached hydrogens (tertiary/aromatic N) is 1. The lowest BCUT2D eigenvalue weighted by Gasteiger charge is -2.38. The number of carbonyl (C=O) groups excluding carboxylic acids is 2. The molecule has 1 aliphatic rings. The van der Waals surface area contributed by atoms with Crippen LogP contribution in [0.15, 0.2) is 24.3 Å². The number of benzene rings is 1. The van der Waals surface area contributed by atoms with Crippen molar-refractivity contribution in [3.05, 3.63) is 29.8 Å². The Morgan fingerprint density at radius 1 is 1.19 bits per heavy atom. The summed E-state index contributed by atoms with van der Waals surface area (Å²) in [7, 11) is 5.04. The van der Waals surface area contributed by atoms with Gasteiger partial charge in [0.15, 0.2) is 0 Å². The number of carbonyl (C=O) groups is 2. The molecule has 1 fully saturated rings. The summed E-state index contributed by atoms with van der Waals surface area (Å²) >= 11 is 0. The molecule has 2 unspecified atom stereocenters. The van der Waals surface area contributed by atoms with Gasteiger partial charge in [0, 0.05) is 40.2 Å². The Hall–Kier alpha value is -1.83. The van der Waals surface area contributed by atoms with E-state index in [0.717, 1.165) is 17.9 Å². The van der Waals surface area contributed by atoms with Crippen LogP contribution >= 0.6 is 12.4 Å². The SMILES string of the molecule is COCCNCCNC(=O)C1CCC(=O)N(C)C1c1ccc(OC)cc1.Cl. The Labute approximate surface area is 167 Å². The van der Waals surface area contributed by atoms with Gasteiger partial charge in [0.1, 0.15) is 5.75 Å². The normalized spacial score (nSPS) is 19.4. The first-order valence-corrected chi connectivity index (χ1v) is 8.95. The average molecular weight is 400 g/mol. The monoisotopic (exact) mass is 399 g/mol. The molecule has 0 bridgehead atoms. The van der Waals surface area contributed by atoms with Crippen molar-refractivity contribution in [1.29, 1.82) is 0 Å². The van der Waals surface area contributed by atoms with Gasteiger partial charge in [-0.05, 0) is 24.1 Å². The van der Waals surface area contributed by atoms with E-state index >= 15 is 0 Å². The highest BCUT2D eigenvalue weighted by atomic mass is 35.5. The molecule has 0 aromatic heterocycles. The van der Waals surface area contributed by atoms with Crippen LogP contribution in [0, 0.1) is 5.92 Å². The molecule has 0 spiro atoms. The molecular weight excluding hydrogens is 370 g/mol. The van der Waals surface area contributed by atoms with Crippen molar-refractivity contribution < 1.29 is 19.1 Å². The number of hydrogen-bond donors (Lipinski definition) is 2. The topological polar surface area (TPSA) is 79.9 Å². The largest absolute Gasteiger partial charge is 0.497 e. The average Bonchev–Trinajstić information content (AvgIpc) is 2.66. The predicted molar refractivity (Wildman–Crippen MR) is 106 cm³/mol.